The highest BCUT2D eigenvalue weighted by Gasteiger charge is 2.37. The van der Waals surface area contributed by atoms with Gasteiger partial charge in [-0.25, -0.2) is 0 Å². The van der Waals surface area contributed by atoms with Gasteiger partial charge in [0.1, 0.15) is 0 Å². The summed E-state index contributed by atoms with van der Waals surface area (Å²) < 4.78 is 77.7. The standard InChI is InChI=1S/C16H9F6NO/c17-15(18,19)10-4-9(5-11(6-10)16(20,21)22)12-3-1-2-8-7-23-14(24)13(8)12/h1-6H,7H2,(H,23,24). The van der Waals surface area contributed by atoms with Crippen molar-refractivity contribution in [3.63, 3.8) is 0 Å². The Labute approximate surface area is 132 Å². The fourth-order valence-electron chi connectivity index (χ4n) is 2.63. The van der Waals surface area contributed by atoms with Crippen molar-refractivity contribution in [1.82, 2.24) is 5.32 Å². The van der Waals surface area contributed by atoms with E-state index in [1.807, 2.05) is 0 Å². The van der Waals surface area contributed by atoms with Crippen molar-refractivity contribution in [3.8, 4) is 11.1 Å². The molecule has 2 nitrogen and oxygen atoms in total. The van der Waals surface area contributed by atoms with Gasteiger partial charge in [0.05, 0.1) is 16.7 Å². The Morgan fingerprint density at radius 2 is 1.46 bits per heavy atom. The molecule has 0 atom stereocenters. The molecule has 0 aliphatic carbocycles. The molecule has 0 aromatic heterocycles. The summed E-state index contributed by atoms with van der Waals surface area (Å²) in [6.45, 7) is 0.188. The molecule has 24 heavy (non-hydrogen) atoms. The summed E-state index contributed by atoms with van der Waals surface area (Å²) in [5.41, 5.74) is -2.45. The van der Waals surface area contributed by atoms with E-state index in [0.29, 0.717) is 17.7 Å². The van der Waals surface area contributed by atoms with Gasteiger partial charge in [-0.1, -0.05) is 18.2 Å². The summed E-state index contributed by atoms with van der Waals surface area (Å²) >= 11 is 0. The Morgan fingerprint density at radius 1 is 0.875 bits per heavy atom. The number of carbonyl (C=O) groups is 1. The Bertz CT molecular complexity index is 790. The molecule has 126 valence electrons. The third-order valence-electron chi connectivity index (χ3n) is 3.72. The number of hydrogen-bond acceptors (Lipinski definition) is 1. The molecule has 0 bridgehead atoms. The number of hydrogen-bond donors (Lipinski definition) is 1. The van der Waals surface area contributed by atoms with E-state index in [4.69, 9.17) is 0 Å². The minimum atomic E-state index is -4.93. The molecular weight excluding hydrogens is 336 g/mol. The van der Waals surface area contributed by atoms with E-state index in [2.05, 4.69) is 5.32 Å². The minimum absolute atomic E-state index is 0.0408. The van der Waals surface area contributed by atoms with Gasteiger partial charge in [0.15, 0.2) is 0 Å². The first kappa shape index (κ1) is 16.4. The van der Waals surface area contributed by atoms with E-state index in [9.17, 15) is 31.1 Å². The zero-order valence-corrected chi connectivity index (χ0v) is 11.8. The van der Waals surface area contributed by atoms with Crippen molar-refractivity contribution in [3.05, 3.63) is 58.7 Å². The zero-order chi connectivity index (χ0) is 17.7. The highest BCUT2D eigenvalue weighted by atomic mass is 19.4. The summed E-state index contributed by atoms with van der Waals surface area (Å²) in [7, 11) is 0. The van der Waals surface area contributed by atoms with E-state index in [-0.39, 0.29) is 29.3 Å². The van der Waals surface area contributed by atoms with Crippen LogP contribution in [0.3, 0.4) is 0 Å². The monoisotopic (exact) mass is 345 g/mol. The van der Waals surface area contributed by atoms with E-state index in [0.717, 1.165) is 0 Å². The van der Waals surface area contributed by atoms with Crippen LogP contribution in [-0.4, -0.2) is 5.91 Å². The van der Waals surface area contributed by atoms with Crippen LogP contribution >= 0.6 is 0 Å². The average molecular weight is 345 g/mol. The molecule has 1 heterocycles. The average Bonchev–Trinajstić information content (AvgIpc) is 2.87. The number of rotatable bonds is 1. The lowest BCUT2D eigenvalue weighted by molar-refractivity contribution is -0.143. The number of benzene rings is 2. The predicted octanol–water partition coefficient (Wildman–Crippen LogP) is 4.63. The lowest BCUT2D eigenvalue weighted by Crippen LogP contribution is -2.14. The highest BCUT2D eigenvalue weighted by Crippen LogP contribution is 2.40. The molecule has 1 N–H and O–H groups in total. The van der Waals surface area contributed by atoms with Crippen LogP contribution < -0.4 is 5.32 Å². The van der Waals surface area contributed by atoms with Crippen molar-refractivity contribution in [1.29, 1.82) is 0 Å². The molecule has 0 spiro atoms. The number of nitrogens with one attached hydrogen (secondary N) is 1. The Balaban J connectivity index is 2.26. The normalized spacial score (nSPS) is 14.5. The first-order valence-corrected chi connectivity index (χ1v) is 6.77. The molecular formula is C16H9F6NO. The quantitative estimate of drug-likeness (QED) is 0.750. The van der Waals surface area contributed by atoms with Crippen LogP contribution in [0.5, 0.6) is 0 Å². The van der Waals surface area contributed by atoms with Gasteiger partial charge in [-0.05, 0) is 34.9 Å². The summed E-state index contributed by atoms with van der Waals surface area (Å²) in [6.07, 6.45) is -9.87. The molecule has 1 amide bonds. The number of alkyl halides is 6. The van der Waals surface area contributed by atoms with Gasteiger partial charge in [-0.15, -0.1) is 0 Å². The Morgan fingerprint density at radius 3 is 2.00 bits per heavy atom. The summed E-state index contributed by atoms with van der Waals surface area (Å²) in [5.74, 6) is -0.522. The van der Waals surface area contributed by atoms with Crippen LogP contribution in [0.2, 0.25) is 0 Å². The topological polar surface area (TPSA) is 29.1 Å². The SMILES string of the molecule is O=C1NCc2cccc(-c3cc(C(F)(F)F)cc(C(F)(F)F)c3)c21. The van der Waals surface area contributed by atoms with Crippen LogP contribution in [0.15, 0.2) is 36.4 Å². The summed E-state index contributed by atoms with van der Waals surface area (Å²) in [5, 5.41) is 2.50. The molecule has 0 radical (unpaired) electrons. The van der Waals surface area contributed by atoms with E-state index < -0.39 is 29.4 Å². The zero-order valence-electron chi connectivity index (χ0n) is 11.8. The van der Waals surface area contributed by atoms with Crippen molar-refractivity contribution < 1.29 is 31.1 Å². The fourth-order valence-corrected chi connectivity index (χ4v) is 2.63. The highest BCUT2D eigenvalue weighted by molar-refractivity contribution is 6.04. The maximum Gasteiger partial charge on any atom is 0.416 e. The summed E-state index contributed by atoms with van der Waals surface area (Å²) in [6, 6.07) is 5.72. The maximum absolute atomic E-state index is 13.0. The van der Waals surface area contributed by atoms with Crippen LogP contribution in [0.4, 0.5) is 26.3 Å². The molecule has 3 rings (SSSR count). The van der Waals surface area contributed by atoms with Gasteiger partial charge in [0.2, 0.25) is 0 Å². The van der Waals surface area contributed by atoms with Crippen LogP contribution in [-0.2, 0) is 18.9 Å². The molecule has 0 fully saturated rings. The second-order valence-electron chi connectivity index (χ2n) is 5.32. The van der Waals surface area contributed by atoms with Gasteiger partial charge < -0.3 is 5.32 Å². The van der Waals surface area contributed by atoms with Crippen molar-refractivity contribution in [2.45, 2.75) is 18.9 Å². The van der Waals surface area contributed by atoms with Crippen molar-refractivity contribution >= 4 is 5.91 Å². The number of halogens is 6. The smallest absolute Gasteiger partial charge is 0.348 e. The predicted molar refractivity (Wildman–Crippen MR) is 73.1 cm³/mol. The van der Waals surface area contributed by atoms with Gasteiger partial charge >= 0.3 is 12.4 Å². The van der Waals surface area contributed by atoms with E-state index in [1.54, 1.807) is 6.07 Å². The largest absolute Gasteiger partial charge is 0.416 e. The molecule has 1 aliphatic rings. The second-order valence-corrected chi connectivity index (χ2v) is 5.32. The van der Waals surface area contributed by atoms with Crippen molar-refractivity contribution in [2.24, 2.45) is 0 Å². The van der Waals surface area contributed by atoms with Crippen LogP contribution in [0, 0.1) is 0 Å². The molecule has 0 unspecified atom stereocenters. The van der Waals surface area contributed by atoms with Crippen LogP contribution in [0.1, 0.15) is 27.0 Å². The molecule has 1 aliphatic heterocycles. The molecule has 0 saturated carbocycles. The van der Waals surface area contributed by atoms with Crippen molar-refractivity contribution in [2.75, 3.05) is 0 Å². The van der Waals surface area contributed by atoms with Gasteiger partial charge in [0.25, 0.3) is 5.91 Å². The minimum Gasteiger partial charge on any atom is -0.348 e. The van der Waals surface area contributed by atoms with Gasteiger partial charge in [-0.3, -0.25) is 4.79 Å². The fraction of sp³-hybridized carbons (Fsp3) is 0.188. The maximum atomic E-state index is 13.0. The lowest BCUT2D eigenvalue weighted by atomic mass is 9.93. The Kier molecular flexibility index (Phi) is 3.58. The van der Waals surface area contributed by atoms with E-state index >= 15 is 0 Å². The van der Waals surface area contributed by atoms with Crippen LogP contribution in [0.25, 0.3) is 11.1 Å². The number of amides is 1. The van der Waals surface area contributed by atoms with Gasteiger partial charge in [0, 0.05) is 6.54 Å². The Hall–Kier alpha value is -2.51. The molecule has 2 aromatic carbocycles. The summed E-state index contributed by atoms with van der Waals surface area (Å²) in [4.78, 5) is 11.9. The molecule has 0 saturated heterocycles. The third kappa shape index (κ3) is 2.83. The number of fused-ring (bicyclic) bond motifs is 1. The van der Waals surface area contributed by atoms with Gasteiger partial charge in [-0.2, -0.15) is 26.3 Å². The molecule has 8 heteroatoms. The third-order valence-corrected chi connectivity index (χ3v) is 3.72. The second kappa shape index (κ2) is 5.25. The van der Waals surface area contributed by atoms with E-state index in [1.165, 1.54) is 12.1 Å². The first-order chi connectivity index (χ1) is 11.1. The number of carbonyl (C=O) groups excluding carboxylic acids is 1. The molecule has 2 aromatic rings. The lowest BCUT2D eigenvalue weighted by Gasteiger charge is -2.15. The first-order valence-electron chi connectivity index (χ1n) is 6.77.